The van der Waals surface area contributed by atoms with Crippen LogP contribution in [-0.2, 0) is 9.59 Å². The Labute approximate surface area is 146 Å². The molecule has 8 heteroatoms. The summed E-state index contributed by atoms with van der Waals surface area (Å²) in [6.07, 6.45) is 0.0620. The fourth-order valence-electron chi connectivity index (χ4n) is 2.72. The van der Waals surface area contributed by atoms with Crippen LogP contribution < -0.4 is 16.3 Å². The van der Waals surface area contributed by atoms with Crippen LogP contribution in [0.3, 0.4) is 0 Å². The SMILES string of the molecule is O=C(CC1Sc2ccccc2NC1=O)Nc1ccc2[nH]c(=O)[nH]c2c1. The molecule has 0 saturated heterocycles. The molecule has 126 valence electrons. The van der Waals surface area contributed by atoms with Crippen molar-refractivity contribution in [3.8, 4) is 0 Å². The number of aromatic amines is 2. The highest BCUT2D eigenvalue weighted by Gasteiger charge is 2.28. The van der Waals surface area contributed by atoms with Gasteiger partial charge in [-0.1, -0.05) is 12.1 Å². The van der Waals surface area contributed by atoms with Crippen LogP contribution >= 0.6 is 11.8 Å². The minimum Gasteiger partial charge on any atom is -0.326 e. The smallest absolute Gasteiger partial charge is 0.323 e. The van der Waals surface area contributed by atoms with Crippen molar-refractivity contribution in [3.63, 3.8) is 0 Å². The van der Waals surface area contributed by atoms with E-state index in [0.29, 0.717) is 16.7 Å². The van der Waals surface area contributed by atoms with E-state index in [4.69, 9.17) is 0 Å². The molecule has 0 radical (unpaired) electrons. The van der Waals surface area contributed by atoms with Gasteiger partial charge in [0.25, 0.3) is 0 Å². The van der Waals surface area contributed by atoms with Crippen LogP contribution in [0.2, 0.25) is 0 Å². The third kappa shape index (κ3) is 3.16. The topological polar surface area (TPSA) is 107 Å². The number of amides is 2. The van der Waals surface area contributed by atoms with Gasteiger partial charge in [0, 0.05) is 17.0 Å². The Morgan fingerprint density at radius 2 is 1.88 bits per heavy atom. The van der Waals surface area contributed by atoms with E-state index in [2.05, 4.69) is 20.6 Å². The van der Waals surface area contributed by atoms with Crippen LogP contribution in [0.1, 0.15) is 6.42 Å². The Balaban J connectivity index is 1.46. The third-order valence-electron chi connectivity index (χ3n) is 3.88. The van der Waals surface area contributed by atoms with Gasteiger partial charge >= 0.3 is 5.69 Å². The molecule has 1 aliphatic rings. The van der Waals surface area contributed by atoms with Crippen molar-refractivity contribution >= 4 is 46.0 Å². The van der Waals surface area contributed by atoms with Gasteiger partial charge in [-0.05, 0) is 30.3 Å². The van der Waals surface area contributed by atoms with Gasteiger partial charge < -0.3 is 20.6 Å². The number of fused-ring (bicyclic) bond motifs is 2. The van der Waals surface area contributed by atoms with Crippen LogP contribution in [0.25, 0.3) is 11.0 Å². The van der Waals surface area contributed by atoms with Gasteiger partial charge in [-0.15, -0.1) is 11.8 Å². The average Bonchev–Trinajstić information content (AvgIpc) is 2.95. The van der Waals surface area contributed by atoms with Gasteiger partial charge in [0.15, 0.2) is 0 Å². The summed E-state index contributed by atoms with van der Waals surface area (Å²) in [5.74, 6) is -0.437. The highest BCUT2D eigenvalue weighted by molar-refractivity contribution is 8.01. The number of thioether (sulfide) groups is 1. The Morgan fingerprint density at radius 1 is 1.08 bits per heavy atom. The lowest BCUT2D eigenvalue weighted by Gasteiger charge is -2.23. The van der Waals surface area contributed by atoms with E-state index in [-0.39, 0.29) is 23.9 Å². The summed E-state index contributed by atoms with van der Waals surface area (Å²) in [4.78, 5) is 42.0. The summed E-state index contributed by atoms with van der Waals surface area (Å²) in [6, 6.07) is 12.6. The molecule has 2 aromatic carbocycles. The van der Waals surface area contributed by atoms with Crippen molar-refractivity contribution in [2.75, 3.05) is 10.6 Å². The van der Waals surface area contributed by atoms with Gasteiger partial charge in [-0.3, -0.25) is 9.59 Å². The van der Waals surface area contributed by atoms with E-state index in [9.17, 15) is 14.4 Å². The molecule has 25 heavy (non-hydrogen) atoms. The number of hydrogen-bond donors (Lipinski definition) is 4. The average molecular weight is 354 g/mol. The molecule has 0 saturated carbocycles. The van der Waals surface area contributed by atoms with E-state index in [1.807, 2.05) is 24.3 Å². The number of anilines is 2. The lowest BCUT2D eigenvalue weighted by molar-refractivity contribution is -0.120. The highest BCUT2D eigenvalue weighted by Crippen LogP contribution is 2.36. The first kappa shape index (κ1) is 15.5. The quantitative estimate of drug-likeness (QED) is 0.579. The van der Waals surface area contributed by atoms with E-state index >= 15 is 0 Å². The van der Waals surface area contributed by atoms with Gasteiger partial charge in [-0.25, -0.2) is 4.79 Å². The Hall–Kier alpha value is -3.00. The molecule has 0 spiro atoms. The lowest BCUT2D eigenvalue weighted by atomic mass is 10.2. The molecule has 0 aliphatic carbocycles. The Morgan fingerprint density at radius 3 is 2.76 bits per heavy atom. The largest absolute Gasteiger partial charge is 0.326 e. The predicted molar refractivity (Wildman–Crippen MR) is 96.9 cm³/mol. The summed E-state index contributed by atoms with van der Waals surface area (Å²) in [6.45, 7) is 0. The molecular formula is C17H14N4O3S. The van der Waals surface area contributed by atoms with Crippen molar-refractivity contribution < 1.29 is 9.59 Å². The molecule has 0 bridgehead atoms. The molecule has 0 fully saturated rings. The predicted octanol–water partition coefficient (Wildman–Crippen LogP) is 2.30. The number of nitrogens with one attached hydrogen (secondary N) is 4. The minimum absolute atomic E-state index is 0.0620. The monoisotopic (exact) mass is 354 g/mol. The molecule has 4 N–H and O–H groups in total. The zero-order chi connectivity index (χ0) is 17.4. The zero-order valence-electron chi connectivity index (χ0n) is 13.0. The first-order chi connectivity index (χ1) is 12.1. The van der Waals surface area contributed by atoms with Gasteiger partial charge in [0.1, 0.15) is 0 Å². The summed E-state index contributed by atoms with van der Waals surface area (Å²) in [7, 11) is 0. The summed E-state index contributed by atoms with van der Waals surface area (Å²) < 4.78 is 0. The second kappa shape index (κ2) is 6.14. The number of carbonyl (C=O) groups is 2. The molecule has 7 nitrogen and oxygen atoms in total. The van der Waals surface area contributed by atoms with Crippen LogP contribution in [0.4, 0.5) is 11.4 Å². The maximum Gasteiger partial charge on any atom is 0.323 e. The maximum absolute atomic E-state index is 12.3. The van der Waals surface area contributed by atoms with Crippen LogP contribution in [0, 0.1) is 0 Å². The molecule has 1 aliphatic heterocycles. The molecule has 2 amide bonds. The number of carbonyl (C=O) groups excluding carboxylic acids is 2. The summed E-state index contributed by atoms with van der Waals surface area (Å²) in [5, 5.41) is 5.11. The van der Waals surface area contributed by atoms with E-state index in [1.165, 1.54) is 11.8 Å². The number of imidazole rings is 1. The summed E-state index contributed by atoms with van der Waals surface area (Å²) in [5.41, 5.74) is 2.32. The molecule has 2 heterocycles. The maximum atomic E-state index is 12.3. The van der Waals surface area contributed by atoms with Crippen molar-refractivity contribution in [3.05, 3.63) is 52.9 Å². The fraction of sp³-hybridized carbons (Fsp3) is 0.118. The number of para-hydroxylation sites is 1. The number of rotatable bonds is 3. The van der Waals surface area contributed by atoms with E-state index in [0.717, 1.165) is 10.6 Å². The van der Waals surface area contributed by atoms with Crippen molar-refractivity contribution in [1.29, 1.82) is 0 Å². The van der Waals surface area contributed by atoms with Gasteiger partial charge in [0.05, 0.1) is 22.0 Å². The number of aromatic nitrogens is 2. The molecular weight excluding hydrogens is 340 g/mol. The Bertz CT molecular complexity index is 1040. The first-order valence-corrected chi connectivity index (χ1v) is 8.55. The van der Waals surface area contributed by atoms with Gasteiger partial charge in [-0.2, -0.15) is 0 Å². The van der Waals surface area contributed by atoms with E-state index in [1.54, 1.807) is 18.2 Å². The second-order valence-corrected chi connectivity index (χ2v) is 6.93. The second-order valence-electron chi connectivity index (χ2n) is 5.68. The third-order valence-corrected chi connectivity index (χ3v) is 5.15. The number of hydrogen-bond acceptors (Lipinski definition) is 4. The van der Waals surface area contributed by atoms with Crippen LogP contribution in [0.5, 0.6) is 0 Å². The minimum atomic E-state index is -0.481. The summed E-state index contributed by atoms with van der Waals surface area (Å²) >= 11 is 1.38. The fourth-order valence-corrected chi connectivity index (χ4v) is 3.83. The standard InChI is InChI=1S/C17H14N4O3S/c22-15(18-9-5-6-10-12(7-9)21-17(24)20-10)8-14-16(23)19-11-3-1-2-4-13(11)25-14/h1-7,14H,8H2,(H,18,22)(H,19,23)(H2,20,21,24). The van der Waals surface area contributed by atoms with Gasteiger partial charge in [0.2, 0.25) is 11.8 Å². The molecule has 1 unspecified atom stereocenters. The number of benzene rings is 2. The lowest BCUT2D eigenvalue weighted by Crippen LogP contribution is -2.32. The van der Waals surface area contributed by atoms with Crippen molar-refractivity contribution in [2.45, 2.75) is 16.6 Å². The highest BCUT2D eigenvalue weighted by atomic mass is 32.2. The normalized spacial score (nSPS) is 16.3. The molecule has 3 aromatic rings. The number of H-pyrrole nitrogens is 2. The van der Waals surface area contributed by atoms with Crippen molar-refractivity contribution in [1.82, 2.24) is 9.97 Å². The first-order valence-electron chi connectivity index (χ1n) is 7.67. The van der Waals surface area contributed by atoms with Crippen LogP contribution in [0.15, 0.2) is 52.2 Å². The van der Waals surface area contributed by atoms with E-state index < -0.39 is 5.25 Å². The van der Waals surface area contributed by atoms with Crippen LogP contribution in [-0.4, -0.2) is 27.0 Å². The van der Waals surface area contributed by atoms with Crippen molar-refractivity contribution in [2.24, 2.45) is 0 Å². The zero-order valence-corrected chi connectivity index (χ0v) is 13.8. The molecule has 1 atom stereocenters. The molecule has 4 rings (SSSR count). The Kier molecular flexibility index (Phi) is 3.81. The molecule has 1 aromatic heterocycles.